The fourth-order valence-electron chi connectivity index (χ4n) is 4.92. The average Bonchev–Trinajstić information content (AvgIpc) is 3.44. The van der Waals surface area contributed by atoms with Gasteiger partial charge in [0.1, 0.15) is 11.7 Å². The van der Waals surface area contributed by atoms with Crippen LogP contribution in [0, 0.1) is 17.2 Å². The Morgan fingerprint density at radius 2 is 1.97 bits per heavy atom. The summed E-state index contributed by atoms with van der Waals surface area (Å²) in [6.07, 6.45) is 7.76. The van der Waals surface area contributed by atoms with E-state index in [-0.39, 0.29) is 12.5 Å². The van der Waals surface area contributed by atoms with Gasteiger partial charge in [-0.3, -0.25) is 9.59 Å². The van der Waals surface area contributed by atoms with E-state index >= 15 is 0 Å². The molecule has 7 nitrogen and oxygen atoms in total. The number of hydrogen-bond acceptors (Lipinski definition) is 4. The lowest BCUT2D eigenvalue weighted by Crippen LogP contribution is -2.30. The number of carbonyl (C=O) groups excluding carboxylic acids is 1. The number of aryl methyl sites for hydroxylation is 2. The second-order valence-corrected chi connectivity index (χ2v) is 9.64. The first-order valence-electron chi connectivity index (χ1n) is 12.0. The number of benzene rings is 1. The highest BCUT2D eigenvalue weighted by molar-refractivity contribution is 6.30. The van der Waals surface area contributed by atoms with Crippen LogP contribution in [0.4, 0.5) is 0 Å². The molecule has 1 aliphatic rings. The molecule has 1 saturated heterocycles. The van der Waals surface area contributed by atoms with E-state index in [1.54, 1.807) is 11.0 Å². The summed E-state index contributed by atoms with van der Waals surface area (Å²) in [5.41, 5.74) is 3.74. The number of carboxylic acids is 1. The number of fused-ring (bicyclic) bond motifs is 1. The molecule has 0 saturated carbocycles. The van der Waals surface area contributed by atoms with E-state index < -0.39 is 11.9 Å². The molecule has 1 aliphatic heterocycles. The summed E-state index contributed by atoms with van der Waals surface area (Å²) in [7, 11) is 1.90. The zero-order valence-corrected chi connectivity index (χ0v) is 20.6. The Balaban J connectivity index is 1.48. The molecule has 0 bridgehead atoms. The molecule has 1 amide bonds. The number of nitrogens with zero attached hydrogens (tertiary/aromatic N) is 4. The zero-order valence-electron chi connectivity index (χ0n) is 19.8. The van der Waals surface area contributed by atoms with Crippen molar-refractivity contribution in [3.05, 3.63) is 63.9 Å². The summed E-state index contributed by atoms with van der Waals surface area (Å²) < 4.78 is 1.94. The third kappa shape index (κ3) is 5.49. The molecule has 182 valence electrons. The van der Waals surface area contributed by atoms with Crippen LogP contribution in [0.2, 0.25) is 5.02 Å². The Hall–Kier alpha value is -3.37. The summed E-state index contributed by atoms with van der Waals surface area (Å²) in [4.78, 5) is 31.1. The number of halogens is 1. The molecule has 1 N–H and O–H groups in total. The summed E-state index contributed by atoms with van der Waals surface area (Å²) in [6.45, 7) is 0.624. The first kappa shape index (κ1) is 24.7. The molecule has 3 aromatic rings. The highest BCUT2D eigenvalue weighted by atomic mass is 35.5. The van der Waals surface area contributed by atoms with E-state index in [1.807, 2.05) is 29.8 Å². The van der Waals surface area contributed by atoms with Gasteiger partial charge in [0.25, 0.3) is 5.91 Å². The molecule has 1 fully saturated rings. The van der Waals surface area contributed by atoms with E-state index in [1.165, 1.54) is 11.8 Å². The monoisotopic (exact) mass is 492 g/mol. The van der Waals surface area contributed by atoms with Crippen LogP contribution in [-0.2, 0) is 24.7 Å². The van der Waals surface area contributed by atoms with E-state index in [2.05, 4.69) is 17.1 Å². The highest BCUT2D eigenvalue weighted by Gasteiger charge is 2.34. The number of carbonyl (C=O) groups is 2. The van der Waals surface area contributed by atoms with E-state index in [0.29, 0.717) is 41.5 Å². The molecule has 0 spiro atoms. The second kappa shape index (κ2) is 10.9. The number of hydrogen-bond donors (Lipinski definition) is 1. The van der Waals surface area contributed by atoms with Gasteiger partial charge in [-0.25, -0.2) is 4.98 Å². The lowest BCUT2D eigenvalue weighted by atomic mass is 10.0. The van der Waals surface area contributed by atoms with Crippen LogP contribution < -0.4 is 0 Å². The van der Waals surface area contributed by atoms with Crippen molar-refractivity contribution in [2.75, 3.05) is 13.1 Å². The number of unbranched alkanes of at least 4 members (excludes halogenated alkanes) is 3. The molecule has 0 radical (unpaired) electrons. The predicted octanol–water partition coefficient (Wildman–Crippen LogP) is 4.99. The molecule has 3 heterocycles. The quantitative estimate of drug-likeness (QED) is 0.424. The molecular weight excluding hydrogens is 464 g/mol. The van der Waals surface area contributed by atoms with Crippen LogP contribution in [0.5, 0.6) is 0 Å². The van der Waals surface area contributed by atoms with Gasteiger partial charge in [0.15, 0.2) is 0 Å². The van der Waals surface area contributed by atoms with Crippen LogP contribution in [0.25, 0.3) is 11.0 Å². The van der Waals surface area contributed by atoms with Crippen molar-refractivity contribution < 1.29 is 14.7 Å². The summed E-state index contributed by atoms with van der Waals surface area (Å²) in [6, 6.07) is 11.8. The number of carboxylic acid groups (broad SMARTS) is 1. The smallest absolute Gasteiger partial charge is 0.308 e. The molecule has 0 aliphatic carbocycles. The largest absolute Gasteiger partial charge is 0.481 e. The first-order chi connectivity index (χ1) is 16.9. The Morgan fingerprint density at radius 3 is 2.66 bits per heavy atom. The SMILES string of the molecule is Cn1c(CCCCCCc2cccc(Cl)c2)c(C(=O)N2CC[C@H](C(=O)O)C2)c2cc(C#N)cnc21. The van der Waals surface area contributed by atoms with Crippen molar-refractivity contribution in [3.8, 4) is 6.07 Å². The number of aliphatic carboxylic acids is 1. The van der Waals surface area contributed by atoms with Crippen molar-refractivity contribution in [3.63, 3.8) is 0 Å². The summed E-state index contributed by atoms with van der Waals surface area (Å²) in [5, 5.41) is 20.1. The molecule has 35 heavy (non-hydrogen) atoms. The van der Waals surface area contributed by atoms with Crippen molar-refractivity contribution in [1.82, 2.24) is 14.5 Å². The van der Waals surface area contributed by atoms with Crippen molar-refractivity contribution in [2.24, 2.45) is 13.0 Å². The highest BCUT2D eigenvalue weighted by Crippen LogP contribution is 2.30. The fraction of sp³-hybridized carbons (Fsp3) is 0.407. The summed E-state index contributed by atoms with van der Waals surface area (Å²) in [5.74, 6) is -1.58. The zero-order chi connectivity index (χ0) is 24.9. The van der Waals surface area contributed by atoms with Gasteiger partial charge in [0.2, 0.25) is 0 Å². The number of pyridine rings is 1. The molecule has 4 rings (SSSR count). The average molecular weight is 493 g/mol. The van der Waals surface area contributed by atoms with E-state index in [9.17, 15) is 20.0 Å². The third-order valence-corrected chi connectivity index (χ3v) is 7.07. The topological polar surface area (TPSA) is 99.2 Å². The minimum Gasteiger partial charge on any atom is -0.481 e. The Kier molecular flexibility index (Phi) is 7.72. The Labute approximate surface area is 209 Å². The van der Waals surface area contributed by atoms with Crippen molar-refractivity contribution in [1.29, 1.82) is 5.26 Å². The normalized spacial score (nSPS) is 15.5. The fourth-order valence-corrected chi connectivity index (χ4v) is 5.14. The maximum atomic E-state index is 13.6. The van der Waals surface area contributed by atoms with Gasteiger partial charge in [-0.05, 0) is 55.9 Å². The summed E-state index contributed by atoms with van der Waals surface area (Å²) >= 11 is 6.07. The van der Waals surface area contributed by atoms with E-state index in [4.69, 9.17) is 11.6 Å². The first-order valence-corrected chi connectivity index (χ1v) is 12.4. The molecule has 1 aromatic carbocycles. The number of nitriles is 1. The van der Waals surface area contributed by atoms with Crippen LogP contribution >= 0.6 is 11.6 Å². The van der Waals surface area contributed by atoms with Gasteiger partial charge in [-0.1, -0.05) is 36.6 Å². The molecular formula is C27H29ClN4O3. The van der Waals surface area contributed by atoms with Crippen LogP contribution in [-0.4, -0.2) is 44.5 Å². The van der Waals surface area contributed by atoms with Gasteiger partial charge in [-0.2, -0.15) is 5.26 Å². The van der Waals surface area contributed by atoms with Gasteiger partial charge in [-0.15, -0.1) is 0 Å². The Bertz CT molecular complexity index is 1290. The van der Waals surface area contributed by atoms with Crippen LogP contribution in [0.1, 0.15) is 59.3 Å². The van der Waals surface area contributed by atoms with Gasteiger partial charge in [0, 0.05) is 42.4 Å². The lowest BCUT2D eigenvalue weighted by Gasteiger charge is -2.17. The molecule has 2 aromatic heterocycles. The minimum absolute atomic E-state index is 0.174. The number of amides is 1. The molecule has 1 atom stereocenters. The molecule has 8 heteroatoms. The van der Waals surface area contributed by atoms with Crippen LogP contribution in [0.3, 0.4) is 0 Å². The third-order valence-electron chi connectivity index (χ3n) is 6.83. The van der Waals surface area contributed by atoms with Gasteiger partial charge >= 0.3 is 5.97 Å². The predicted molar refractivity (Wildman–Crippen MR) is 134 cm³/mol. The lowest BCUT2D eigenvalue weighted by molar-refractivity contribution is -0.141. The number of aromatic nitrogens is 2. The Morgan fingerprint density at radius 1 is 1.20 bits per heavy atom. The molecule has 0 unspecified atom stereocenters. The van der Waals surface area contributed by atoms with Gasteiger partial charge in [0.05, 0.1) is 17.0 Å². The number of likely N-dealkylation sites (tertiary alicyclic amines) is 1. The maximum absolute atomic E-state index is 13.6. The second-order valence-electron chi connectivity index (χ2n) is 9.21. The minimum atomic E-state index is -0.871. The maximum Gasteiger partial charge on any atom is 0.308 e. The van der Waals surface area contributed by atoms with Crippen LogP contribution in [0.15, 0.2) is 36.5 Å². The van der Waals surface area contributed by atoms with Gasteiger partial charge < -0.3 is 14.6 Å². The number of rotatable bonds is 9. The van der Waals surface area contributed by atoms with Crippen molar-refractivity contribution >= 4 is 34.5 Å². The standard InChI is InChI=1S/C27H29ClN4O3/c1-31-23(10-5-3-2-4-7-18-8-6-9-21(28)13-18)24(22-14-19(15-29)16-30-25(22)31)26(33)32-12-11-20(17-32)27(34)35/h6,8-9,13-14,16,20H,2-5,7,10-12,17H2,1H3,(H,34,35)/t20-/m0/s1. The van der Waals surface area contributed by atoms with E-state index in [0.717, 1.165) is 42.8 Å². The van der Waals surface area contributed by atoms with Crippen molar-refractivity contribution in [2.45, 2.75) is 44.9 Å².